The van der Waals surface area contributed by atoms with Gasteiger partial charge in [-0.1, -0.05) is 36.4 Å². The van der Waals surface area contributed by atoms with Crippen molar-refractivity contribution in [3.05, 3.63) is 82.0 Å². The van der Waals surface area contributed by atoms with Crippen LogP contribution in [0.25, 0.3) is 0 Å². The standard InChI is InChI=1S/C23H25N3O4S2/c1-3-32(29,30)26-19-12-11-18(14-16(19)2)24-22(27)20(15-17-8-5-4-6-9-17)25-23(28)21-10-7-13-31-21/h4-14,20,26H,3,15H2,1-2H3,(H,24,27)(H,25,28). The first kappa shape index (κ1) is 23.5. The predicted molar refractivity (Wildman–Crippen MR) is 129 cm³/mol. The molecule has 7 nitrogen and oxygen atoms in total. The molecule has 0 radical (unpaired) electrons. The van der Waals surface area contributed by atoms with Gasteiger partial charge >= 0.3 is 0 Å². The van der Waals surface area contributed by atoms with Crippen LogP contribution >= 0.6 is 11.3 Å². The molecule has 0 aliphatic rings. The average Bonchev–Trinajstić information content (AvgIpc) is 3.31. The molecule has 0 aliphatic heterocycles. The van der Waals surface area contributed by atoms with Crippen molar-refractivity contribution >= 4 is 44.5 Å². The number of sulfonamides is 1. The summed E-state index contributed by atoms with van der Waals surface area (Å²) in [6, 6.07) is 17.1. The Kier molecular flexibility index (Phi) is 7.66. The number of nitrogens with one attached hydrogen (secondary N) is 3. The first-order valence-electron chi connectivity index (χ1n) is 10.1. The summed E-state index contributed by atoms with van der Waals surface area (Å²) in [6.07, 6.45) is 0.331. The van der Waals surface area contributed by atoms with Crippen molar-refractivity contribution in [3.8, 4) is 0 Å². The molecule has 3 N–H and O–H groups in total. The van der Waals surface area contributed by atoms with E-state index in [1.807, 2.05) is 30.3 Å². The van der Waals surface area contributed by atoms with Crippen molar-refractivity contribution < 1.29 is 18.0 Å². The third-order valence-electron chi connectivity index (χ3n) is 4.79. The Bertz CT molecular complexity index is 1180. The number of thiophene rings is 1. The molecule has 168 valence electrons. The van der Waals surface area contributed by atoms with Crippen LogP contribution in [0.3, 0.4) is 0 Å². The highest BCUT2D eigenvalue weighted by atomic mass is 32.2. The van der Waals surface area contributed by atoms with Gasteiger partial charge in [-0.25, -0.2) is 8.42 Å². The maximum atomic E-state index is 13.1. The fourth-order valence-corrected chi connectivity index (χ4v) is 4.36. The Morgan fingerprint density at radius 1 is 1.03 bits per heavy atom. The van der Waals surface area contributed by atoms with Gasteiger partial charge in [-0.15, -0.1) is 11.3 Å². The summed E-state index contributed by atoms with van der Waals surface area (Å²) >= 11 is 1.31. The third kappa shape index (κ3) is 6.41. The molecule has 1 heterocycles. The molecule has 32 heavy (non-hydrogen) atoms. The monoisotopic (exact) mass is 471 g/mol. The lowest BCUT2D eigenvalue weighted by molar-refractivity contribution is -0.118. The molecule has 0 fully saturated rings. The Morgan fingerprint density at radius 3 is 2.41 bits per heavy atom. The van der Waals surface area contributed by atoms with E-state index in [-0.39, 0.29) is 17.6 Å². The number of amides is 2. The summed E-state index contributed by atoms with van der Waals surface area (Å²) in [5.41, 5.74) is 2.55. The number of rotatable bonds is 9. The Balaban J connectivity index is 1.76. The summed E-state index contributed by atoms with van der Waals surface area (Å²) in [4.78, 5) is 26.2. The number of aryl methyl sites for hydroxylation is 1. The van der Waals surface area contributed by atoms with Crippen LogP contribution in [0.1, 0.15) is 27.7 Å². The van der Waals surface area contributed by atoms with Gasteiger partial charge in [0.25, 0.3) is 5.91 Å². The van der Waals surface area contributed by atoms with Crippen molar-refractivity contribution in [1.29, 1.82) is 0 Å². The van der Waals surface area contributed by atoms with E-state index in [1.165, 1.54) is 11.3 Å². The van der Waals surface area contributed by atoms with Crippen molar-refractivity contribution in [2.75, 3.05) is 15.8 Å². The second-order valence-electron chi connectivity index (χ2n) is 7.22. The van der Waals surface area contributed by atoms with Crippen molar-refractivity contribution in [2.45, 2.75) is 26.3 Å². The van der Waals surface area contributed by atoms with E-state index >= 15 is 0 Å². The summed E-state index contributed by atoms with van der Waals surface area (Å²) in [5.74, 6) is -0.702. The lowest BCUT2D eigenvalue weighted by Crippen LogP contribution is -2.45. The molecule has 1 unspecified atom stereocenters. The molecule has 2 amide bonds. The SMILES string of the molecule is CCS(=O)(=O)Nc1ccc(NC(=O)C(Cc2ccccc2)NC(=O)c2cccs2)cc1C. The molecule has 3 aromatic rings. The van der Waals surface area contributed by atoms with Gasteiger partial charge in [0.1, 0.15) is 6.04 Å². The van der Waals surface area contributed by atoms with E-state index in [2.05, 4.69) is 15.4 Å². The van der Waals surface area contributed by atoms with Gasteiger partial charge in [0.2, 0.25) is 15.9 Å². The highest BCUT2D eigenvalue weighted by Crippen LogP contribution is 2.21. The molecule has 0 spiro atoms. The number of hydrogen-bond donors (Lipinski definition) is 3. The van der Waals surface area contributed by atoms with Gasteiger partial charge in [0.05, 0.1) is 16.3 Å². The van der Waals surface area contributed by atoms with Crippen LogP contribution in [-0.2, 0) is 21.2 Å². The lowest BCUT2D eigenvalue weighted by atomic mass is 10.0. The van der Waals surface area contributed by atoms with E-state index < -0.39 is 16.1 Å². The van der Waals surface area contributed by atoms with Crippen LogP contribution in [-0.4, -0.2) is 32.0 Å². The van der Waals surface area contributed by atoms with E-state index in [9.17, 15) is 18.0 Å². The van der Waals surface area contributed by atoms with Gasteiger partial charge in [-0.05, 0) is 54.6 Å². The molecule has 2 aromatic carbocycles. The fraction of sp³-hybridized carbons (Fsp3) is 0.217. The topological polar surface area (TPSA) is 104 Å². The lowest BCUT2D eigenvalue weighted by Gasteiger charge is -2.19. The summed E-state index contributed by atoms with van der Waals surface area (Å²) in [5, 5.41) is 7.45. The summed E-state index contributed by atoms with van der Waals surface area (Å²) in [7, 11) is -3.40. The maximum absolute atomic E-state index is 13.1. The molecule has 0 saturated heterocycles. The Labute approximate surface area is 191 Å². The third-order valence-corrected chi connectivity index (χ3v) is 6.95. The van der Waals surface area contributed by atoms with Gasteiger partial charge in [0, 0.05) is 12.1 Å². The maximum Gasteiger partial charge on any atom is 0.262 e. The number of benzene rings is 2. The van der Waals surface area contributed by atoms with E-state index in [4.69, 9.17) is 0 Å². The average molecular weight is 472 g/mol. The van der Waals surface area contributed by atoms with E-state index in [1.54, 1.807) is 49.6 Å². The van der Waals surface area contributed by atoms with Crippen molar-refractivity contribution in [3.63, 3.8) is 0 Å². The number of hydrogen-bond acceptors (Lipinski definition) is 5. The summed E-state index contributed by atoms with van der Waals surface area (Å²) < 4.78 is 26.2. The smallest absolute Gasteiger partial charge is 0.262 e. The van der Waals surface area contributed by atoms with Gasteiger partial charge in [-0.3, -0.25) is 14.3 Å². The molecule has 9 heteroatoms. The molecule has 1 aromatic heterocycles. The normalized spacial score (nSPS) is 12.1. The minimum Gasteiger partial charge on any atom is -0.339 e. The molecule has 1 atom stereocenters. The molecule has 0 aliphatic carbocycles. The molecular formula is C23H25N3O4S2. The van der Waals surface area contributed by atoms with Gasteiger partial charge in [0.15, 0.2) is 0 Å². The van der Waals surface area contributed by atoms with Crippen LogP contribution in [0.2, 0.25) is 0 Å². The highest BCUT2D eigenvalue weighted by molar-refractivity contribution is 7.92. The van der Waals surface area contributed by atoms with Crippen molar-refractivity contribution in [1.82, 2.24) is 5.32 Å². The first-order valence-corrected chi connectivity index (χ1v) is 12.6. The summed E-state index contributed by atoms with van der Waals surface area (Å²) in [6.45, 7) is 3.31. The zero-order valence-corrected chi connectivity index (χ0v) is 19.4. The quantitative estimate of drug-likeness (QED) is 0.442. The van der Waals surface area contributed by atoms with Gasteiger partial charge in [-0.2, -0.15) is 0 Å². The largest absolute Gasteiger partial charge is 0.339 e. The minimum atomic E-state index is -3.40. The zero-order valence-electron chi connectivity index (χ0n) is 17.8. The molecule has 3 rings (SSSR count). The molecule has 0 bridgehead atoms. The second-order valence-corrected chi connectivity index (χ2v) is 10.2. The molecule has 0 saturated carbocycles. The minimum absolute atomic E-state index is 0.0317. The van der Waals surface area contributed by atoms with Crippen LogP contribution in [0.4, 0.5) is 11.4 Å². The van der Waals surface area contributed by atoms with Crippen LogP contribution in [0.5, 0.6) is 0 Å². The predicted octanol–water partition coefficient (Wildman–Crippen LogP) is 3.80. The van der Waals surface area contributed by atoms with E-state index in [0.717, 1.165) is 5.56 Å². The number of carbonyl (C=O) groups excluding carboxylic acids is 2. The Hall–Kier alpha value is -3.17. The number of carbonyl (C=O) groups is 2. The second kappa shape index (κ2) is 10.4. The Morgan fingerprint density at radius 2 is 1.78 bits per heavy atom. The fourth-order valence-electron chi connectivity index (χ4n) is 3.02. The van der Waals surface area contributed by atoms with Crippen LogP contribution < -0.4 is 15.4 Å². The van der Waals surface area contributed by atoms with Crippen LogP contribution in [0.15, 0.2) is 66.0 Å². The first-order chi connectivity index (χ1) is 15.3. The molecular weight excluding hydrogens is 446 g/mol. The van der Waals surface area contributed by atoms with Crippen molar-refractivity contribution in [2.24, 2.45) is 0 Å². The van der Waals surface area contributed by atoms with E-state index in [0.29, 0.717) is 28.2 Å². The highest BCUT2D eigenvalue weighted by Gasteiger charge is 2.23. The van der Waals surface area contributed by atoms with Gasteiger partial charge < -0.3 is 10.6 Å². The van der Waals surface area contributed by atoms with Crippen LogP contribution in [0, 0.1) is 6.92 Å². The zero-order chi connectivity index (χ0) is 23.1. The number of anilines is 2.